The van der Waals surface area contributed by atoms with Crippen LogP contribution in [0.4, 0.5) is 0 Å². The molecule has 0 saturated heterocycles. The summed E-state index contributed by atoms with van der Waals surface area (Å²) in [5.41, 5.74) is 3.12. The van der Waals surface area contributed by atoms with Gasteiger partial charge in [-0.3, -0.25) is 4.79 Å². The number of nitrogens with one attached hydrogen (secondary N) is 1. The molecule has 0 radical (unpaired) electrons. The number of aryl methyl sites for hydroxylation is 1. The van der Waals surface area contributed by atoms with Crippen LogP contribution in [0.3, 0.4) is 0 Å². The minimum Gasteiger partial charge on any atom is -0.497 e. The van der Waals surface area contributed by atoms with Crippen molar-refractivity contribution in [1.82, 2.24) is 5.32 Å². The summed E-state index contributed by atoms with van der Waals surface area (Å²) in [6, 6.07) is 15.5. The minimum atomic E-state index is -0.0558. The second kappa shape index (κ2) is 6.75. The Morgan fingerprint density at radius 2 is 1.70 bits per heavy atom. The van der Waals surface area contributed by atoms with Gasteiger partial charge in [0.25, 0.3) is 5.91 Å². The molecule has 0 unspecified atom stereocenters. The summed E-state index contributed by atoms with van der Waals surface area (Å²) in [6.45, 7) is 2.70. The van der Waals surface area contributed by atoms with Gasteiger partial charge in [-0.25, -0.2) is 0 Å². The number of benzene rings is 2. The van der Waals surface area contributed by atoms with Crippen molar-refractivity contribution in [2.45, 2.75) is 13.3 Å². The molecule has 0 heterocycles. The molecule has 3 heteroatoms. The third kappa shape index (κ3) is 3.85. The Balaban J connectivity index is 1.83. The van der Waals surface area contributed by atoms with E-state index in [2.05, 4.69) is 36.5 Å². The summed E-state index contributed by atoms with van der Waals surface area (Å²) in [5.74, 6) is 0.695. The average Bonchev–Trinajstić information content (AvgIpc) is 2.49. The predicted octanol–water partition coefficient (Wildman–Crippen LogP) is 2.98. The van der Waals surface area contributed by atoms with E-state index in [1.807, 2.05) is 0 Å². The first-order valence-corrected chi connectivity index (χ1v) is 6.67. The van der Waals surface area contributed by atoms with E-state index in [1.54, 1.807) is 31.4 Å². The Bertz CT molecular complexity index is 559. The van der Waals surface area contributed by atoms with Crippen LogP contribution in [-0.4, -0.2) is 19.6 Å². The number of methoxy groups -OCH3 is 1. The predicted molar refractivity (Wildman–Crippen MR) is 80.2 cm³/mol. The molecule has 3 nitrogen and oxygen atoms in total. The summed E-state index contributed by atoms with van der Waals surface area (Å²) in [7, 11) is 1.61. The van der Waals surface area contributed by atoms with E-state index in [9.17, 15) is 4.79 Å². The Labute approximate surface area is 119 Å². The average molecular weight is 269 g/mol. The number of hydrogen-bond acceptors (Lipinski definition) is 2. The van der Waals surface area contributed by atoms with Gasteiger partial charge in [-0.1, -0.05) is 29.8 Å². The van der Waals surface area contributed by atoms with Gasteiger partial charge in [0.05, 0.1) is 7.11 Å². The highest BCUT2D eigenvalue weighted by atomic mass is 16.5. The van der Waals surface area contributed by atoms with Crippen LogP contribution in [0.25, 0.3) is 0 Å². The molecule has 0 aliphatic heterocycles. The maximum atomic E-state index is 11.9. The highest BCUT2D eigenvalue weighted by molar-refractivity contribution is 5.94. The van der Waals surface area contributed by atoms with Crippen LogP contribution in [0.15, 0.2) is 48.5 Å². The van der Waals surface area contributed by atoms with Crippen LogP contribution >= 0.6 is 0 Å². The van der Waals surface area contributed by atoms with Gasteiger partial charge in [0.2, 0.25) is 0 Å². The standard InChI is InChI=1S/C17H19NO2/c1-13-3-5-14(6-4-13)11-12-18-17(19)15-7-9-16(20-2)10-8-15/h3-10H,11-12H2,1-2H3,(H,18,19). The maximum Gasteiger partial charge on any atom is 0.251 e. The minimum absolute atomic E-state index is 0.0558. The van der Waals surface area contributed by atoms with Crippen molar-refractivity contribution in [2.24, 2.45) is 0 Å². The molecule has 0 bridgehead atoms. The molecule has 0 aliphatic carbocycles. The zero-order valence-corrected chi connectivity index (χ0v) is 11.8. The number of carbonyl (C=O) groups excluding carboxylic acids is 1. The lowest BCUT2D eigenvalue weighted by Crippen LogP contribution is -2.25. The van der Waals surface area contributed by atoms with Crippen molar-refractivity contribution in [3.05, 3.63) is 65.2 Å². The van der Waals surface area contributed by atoms with Gasteiger partial charge in [-0.2, -0.15) is 0 Å². The van der Waals surface area contributed by atoms with Gasteiger partial charge >= 0.3 is 0 Å². The zero-order chi connectivity index (χ0) is 14.4. The quantitative estimate of drug-likeness (QED) is 0.906. The third-order valence-corrected chi connectivity index (χ3v) is 3.17. The molecule has 1 N–H and O–H groups in total. The summed E-state index contributed by atoms with van der Waals surface area (Å²) in [6.07, 6.45) is 0.835. The molecule has 2 aromatic rings. The molecule has 2 rings (SSSR count). The summed E-state index contributed by atoms with van der Waals surface area (Å²) in [4.78, 5) is 11.9. The summed E-state index contributed by atoms with van der Waals surface area (Å²) in [5, 5.41) is 2.92. The lowest BCUT2D eigenvalue weighted by molar-refractivity contribution is 0.0954. The van der Waals surface area contributed by atoms with Crippen molar-refractivity contribution in [3.63, 3.8) is 0 Å². The number of hydrogen-bond donors (Lipinski definition) is 1. The summed E-state index contributed by atoms with van der Waals surface area (Å²) < 4.78 is 5.07. The second-order valence-corrected chi connectivity index (χ2v) is 4.72. The van der Waals surface area contributed by atoms with Crippen molar-refractivity contribution in [2.75, 3.05) is 13.7 Å². The molecular formula is C17H19NO2. The fraction of sp³-hybridized carbons (Fsp3) is 0.235. The van der Waals surface area contributed by atoms with Crippen LogP contribution in [0.5, 0.6) is 5.75 Å². The Hall–Kier alpha value is -2.29. The lowest BCUT2D eigenvalue weighted by atomic mass is 10.1. The molecule has 2 aromatic carbocycles. The Morgan fingerprint density at radius 3 is 2.30 bits per heavy atom. The van der Waals surface area contributed by atoms with E-state index in [0.29, 0.717) is 12.1 Å². The fourth-order valence-corrected chi connectivity index (χ4v) is 1.92. The molecule has 0 fully saturated rings. The van der Waals surface area contributed by atoms with Gasteiger partial charge in [0.1, 0.15) is 5.75 Å². The maximum absolute atomic E-state index is 11.9. The first-order chi connectivity index (χ1) is 9.69. The van der Waals surface area contributed by atoms with Crippen molar-refractivity contribution >= 4 is 5.91 Å². The highest BCUT2D eigenvalue weighted by Crippen LogP contribution is 2.11. The first kappa shape index (κ1) is 14.1. The molecular weight excluding hydrogens is 250 g/mol. The van der Waals surface area contributed by atoms with E-state index in [4.69, 9.17) is 4.74 Å². The highest BCUT2D eigenvalue weighted by Gasteiger charge is 2.04. The van der Waals surface area contributed by atoms with Gasteiger partial charge in [-0.15, -0.1) is 0 Å². The summed E-state index contributed by atoms with van der Waals surface area (Å²) >= 11 is 0. The largest absolute Gasteiger partial charge is 0.497 e. The van der Waals surface area contributed by atoms with Gasteiger partial charge in [0, 0.05) is 12.1 Å². The zero-order valence-electron chi connectivity index (χ0n) is 11.8. The smallest absolute Gasteiger partial charge is 0.251 e. The van der Waals surface area contributed by atoms with Gasteiger partial charge in [0.15, 0.2) is 0 Å². The van der Waals surface area contributed by atoms with E-state index >= 15 is 0 Å². The fourth-order valence-electron chi connectivity index (χ4n) is 1.92. The molecule has 1 amide bonds. The van der Waals surface area contributed by atoms with Gasteiger partial charge in [-0.05, 0) is 43.2 Å². The number of ether oxygens (including phenoxy) is 1. The van der Waals surface area contributed by atoms with E-state index in [-0.39, 0.29) is 5.91 Å². The number of carbonyl (C=O) groups is 1. The van der Waals surface area contributed by atoms with E-state index < -0.39 is 0 Å². The van der Waals surface area contributed by atoms with E-state index in [1.165, 1.54) is 11.1 Å². The molecule has 0 aliphatic rings. The third-order valence-electron chi connectivity index (χ3n) is 3.17. The van der Waals surface area contributed by atoms with Crippen LogP contribution in [0.2, 0.25) is 0 Å². The van der Waals surface area contributed by atoms with Crippen molar-refractivity contribution < 1.29 is 9.53 Å². The molecule has 0 saturated carbocycles. The van der Waals surface area contributed by atoms with Crippen molar-refractivity contribution in [3.8, 4) is 5.75 Å². The molecule has 104 valence electrons. The monoisotopic (exact) mass is 269 g/mol. The van der Waals surface area contributed by atoms with Gasteiger partial charge < -0.3 is 10.1 Å². The SMILES string of the molecule is COc1ccc(C(=O)NCCc2ccc(C)cc2)cc1. The van der Waals surface area contributed by atoms with Crippen LogP contribution in [0.1, 0.15) is 21.5 Å². The van der Waals surface area contributed by atoms with Crippen LogP contribution in [-0.2, 0) is 6.42 Å². The van der Waals surface area contributed by atoms with Crippen LogP contribution < -0.4 is 10.1 Å². The van der Waals surface area contributed by atoms with Crippen molar-refractivity contribution in [1.29, 1.82) is 0 Å². The normalized spacial score (nSPS) is 10.1. The molecule has 0 spiro atoms. The van der Waals surface area contributed by atoms with Crippen LogP contribution in [0, 0.1) is 6.92 Å². The Morgan fingerprint density at radius 1 is 1.05 bits per heavy atom. The topological polar surface area (TPSA) is 38.3 Å². The number of amides is 1. The molecule has 0 aromatic heterocycles. The molecule has 0 atom stereocenters. The lowest BCUT2D eigenvalue weighted by Gasteiger charge is -2.06. The molecule has 20 heavy (non-hydrogen) atoms. The second-order valence-electron chi connectivity index (χ2n) is 4.72. The number of rotatable bonds is 5. The Kier molecular flexibility index (Phi) is 4.77. The van der Waals surface area contributed by atoms with E-state index in [0.717, 1.165) is 12.2 Å². The first-order valence-electron chi connectivity index (χ1n) is 6.67.